The lowest BCUT2D eigenvalue weighted by Crippen LogP contribution is -2.51. The van der Waals surface area contributed by atoms with Crippen molar-refractivity contribution in [2.24, 2.45) is 0 Å². The number of hydrazine groups is 1. The summed E-state index contributed by atoms with van der Waals surface area (Å²) < 4.78 is 0. The minimum atomic E-state index is -0.415. The van der Waals surface area contributed by atoms with E-state index in [1.807, 2.05) is 25.8 Å². The average molecular weight is 200 g/mol. The zero-order valence-electron chi connectivity index (χ0n) is 9.40. The number of carbonyl (C=O) groups excluding carboxylic acids is 1. The van der Waals surface area contributed by atoms with Crippen LogP contribution in [-0.4, -0.2) is 45.8 Å². The fraction of sp³-hybridized carbons (Fsp3) is 0.900. The van der Waals surface area contributed by atoms with Gasteiger partial charge in [-0.15, -0.1) is 0 Å². The summed E-state index contributed by atoms with van der Waals surface area (Å²) in [5, 5.41) is 13.2. The molecule has 0 aromatic heterocycles. The minimum absolute atomic E-state index is 0.00356. The average Bonchev–Trinajstić information content (AvgIpc) is 2.45. The van der Waals surface area contributed by atoms with Crippen molar-refractivity contribution in [2.75, 3.05) is 6.54 Å². The molecular formula is C10H20N2O2. The molecule has 0 spiro atoms. The molecule has 0 saturated carbocycles. The van der Waals surface area contributed by atoms with Gasteiger partial charge in [0.1, 0.15) is 0 Å². The maximum Gasteiger partial charge on any atom is 0.238 e. The fourth-order valence-corrected chi connectivity index (χ4v) is 1.81. The van der Waals surface area contributed by atoms with Gasteiger partial charge >= 0.3 is 0 Å². The van der Waals surface area contributed by atoms with E-state index < -0.39 is 6.10 Å². The maximum atomic E-state index is 11.6. The SMILES string of the molecule is CC(O)C(C)N1CCC(=O)N1C(C)C. The molecule has 0 aliphatic carbocycles. The highest BCUT2D eigenvalue weighted by atomic mass is 16.3. The molecule has 0 aromatic carbocycles. The van der Waals surface area contributed by atoms with Crippen LogP contribution in [0.1, 0.15) is 34.1 Å². The van der Waals surface area contributed by atoms with Crippen LogP contribution in [0.25, 0.3) is 0 Å². The first-order valence-electron chi connectivity index (χ1n) is 5.21. The molecule has 1 fully saturated rings. The molecule has 0 bridgehead atoms. The van der Waals surface area contributed by atoms with Gasteiger partial charge in [0.2, 0.25) is 5.91 Å². The summed E-state index contributed by atoms with van der Waals surface area (Å²) in [7, 11) is 0. The van der Waals surface area contributed by atoms with E-state index in [-0.39, 0.29) is 18.0 Å². The highest BCUT2D eigenvalue weighted by molar-refractivity contribution is 5.77. The predicted molar refractivity (Wildman–Crippen MR) is 54.4 cm³/mol. The van der Waals surface area contributed by atoms with Gasteiger partial charge < -0.3 is 5.11 Å². The van der Waals surface area contributed by atoms with Crippen molar-refractivity contribution in [1.29, 1.82) is 0 Å². The monoisotopic (exact) mass is 200 g/mol. The Kier molecular flexibility index (Phi) is 3.50. The molecule has 1 N–H and O–H groups in total. The summed E-state index contributed by atoms with van der Waals surface area (Å²) in [4.78, 5) is 11.6. The van der Waals surface area contributed by atoms with Crippen molar-refractivity contribution >= 4 is 5.91 Å². The standard InChI is InChI=1S/C10H20N2O2/c1-7(2)12-10(14)5-6-11(12)8(3)9(4)13/h7-9,13H,5-6H2,1-4H3. The summed E-state index contributed by atoms with van der Waals surface area (Å²) in [5.41, 5.74) is 0. The van der Waals surface area contributed by atoms with Crippen molar-refractivity contribution in [3.63, 3.8) is 0 Å². The summed E-state index contributed by atoms with van der Waals surface area (Å²) in [6.45, 7) is 8.41. The summed E-state index contributed by atoms with van der Waals surface area (Å²) >= 11 is 0. The second kappa shape index (κ2) is 4.28. The quantitative estimate of drug-likeness (QED) is 0.726. The number of rotatable bonds is 3. The van der Waals surface area contributed by atoms with Gasteiger partial charge in [0, 0.05) is 19.0 Å². The minimum Gasteiger partial charge on any atom is -0.392 e. The molecule has 14 heavy (non-hydrogen) atoms. The van der Waals surface area contributed by atoms with Gasteiger partial charge in [-0.25, -0.2) is 5.01 Å². The zero-order chi connectivity index (χ0) is 10.9. The van der Waals surface area contributed by atoms with Crippen LogP contribution in [0.2, 0.25) is 0 Å². The first-order valence-corrected chi connectivity index (χ1v) is 5.21. The highest BCUT2D eigenvalue weighted by Crippen LogP contribution is 2.19. The van der Waals surface area contributed by atoms with Crippen molar-refractivity contribution in [3.8, 4) is 0 Å². The van der Waals surface area contributed by atoms with E-state index in [0.717, 1.165) is 6.54 Å². The van der Waals surface area contributed by atoms with Crippen LogP contribution in [0.15, 0.2) is 0 Å². The van der Waals surface area contributed by atoms with Gasteiger partial charge in [0.05, 0.1) is 12.1 Å². The summed E-state index contributed by atoms with van der Waals surface area (Å²) in [6, 6.07) is 0.176. The van der Waals surface area contributed by atoms with Crippen molar-refractivity contribution in [1.82, 2.24) is 10.0 Å². The van der Waals surface area contributed by atoms with E-state index in [1.54, 1.807) is 11.9 Å². The van der Waals surface area contributed by atoms with E-state index in [2.05, 4.69) is 0 Å². The molecule has 1 rings (SSSR count). The molecule has 0 radical (unpaired) electrons. The molecular weight excluding hydrogens is 180 g/mol. The number of aliphatic hydroxyl groups excluding tert-OH is 1. The molecule has 1 saturated heterocycles. The maximum absolute atomic E-state index is 11.6. The van der Waals surface area contributed by atoms with Crippen LogP contribution in [0, 0.1) is 0 Å². The van der Waals surface area contributed by atoms with Gasteiger partial charge in [-0.1, -0.05) is 0 Å². The van der Waals surface area contributed by atoms with Crippen molar-refractivity contribution < 1.29 is 9.90 Å². The van der Waals surface area contributed by atoms with Crippen LogP contribution >= 0.6 is 0 Å². The number of carbonyl (C=O) groups is 1. The van der Waals surface area contributed by atoms with E-state index in [9.17, 15) is 9.90 Å². The number of hydrogen-bond acceptors (Lipinski definition) is 3. The number of nitrogens with zero attached hydrogens (tertiary/aromatic N) is 2. The second-order valence-electron chi connectivity index (χ2n) is 4.23. The van der Waals surface area contributed by atoms with E-state index >= 15 is 0 Å². The molecule has 4 nitrogen and oxygen atoms in total. The summed E-state index contributed by atoms with van der Waals surface area (Å²) in [6.07, 6.45) is 0.150. The lowest BCUT2D eigenvalue weighted by molar-refractivity contribution is -0.147. The lowest BCUT2D eigenvalue weighted by atomic mass is 10.2. The first kappa shape index (κ1) is 11.5. The first-order chi connectivity index (χ1) is 6.45. The fourth-order valence-electron chi connectivity index (χ4n) is 1.81. The van der Waals surface area contributed by atoms with Gasteiger partial charge in [-0.3, -0.25) is 9.80 Å². The number of hydrogen-bond donors (Lipinski definition) is 1. The van der Waals surface area contributed by atoms with Crippen molar-refractivity contribution in [2.45, 2.75) is 52.3 Å². The topological polar surface area (TPSA) is 43.8 Å². The Hall–Kier alpha value is -0.610. The zero-order valence-corrected chi connectivity index (χ0v) is 9.40. The highest BCUT2D eigenvalue weighted by Gasteiger charge is 2.35. The van der Waals surface area contributed by atoms with Crippen LogP contribution in [0.4, 0.5) is 0 Å². The van der Waals surface area contributed by atoms with Crippen LogP contribution in [-0.2, 0) is 4.79 Å². The molecule has 1 heterocycles. The molecule has 0 aromatic rings. The molecule has 4 heteroatoms. The molecule has 2 atom stereocenters. The second-order valence-corrected chi connectivity index (χ2v) is 4.23. The third-order valence-corrected chi connectivity index (χ3v) is 2.74. The van der Waals surface area contributed by atoms with E-state index in [1.165, 1.54) is 0 Å². The Labute approximate surface area is 85.5 Å². The normalized spacial score (nSPS) is 23.3. The molecule has 1 amide bonds. The Morgan fingerprint density at radius 2 is 1.86 bits per heavy atom. The Morgan fingerprint density at radius 1 is 1.29 bits per heavy atom. The Balaban J connectivity index is 2.74. The Morgan fingerprint density at radius 3 is 2.29 bits per heavy atom. The molecule has 1 aliphatic rings. The van der Waals surface area contributed by atoms with Gasteiger partial charge in [-0.05, 0) is 27.7 Å². The Bertz CT molecular complexity index is 216. The van der Waals surface area contributed by atoms with Crippen LogP contribution in [0.3, 0.4) is 0 Å². The number of aliphatic hydroxyl groups is 1. The smallest absolute Gasteiger partial charge is 0.238 e. The third kappa shape index (κ3) is 2.07. The molecule has 2 unspecified atom stereocenters. The van der Waals surface area contributed by atoms with Crippen molar-refractivity contribution in [3.05, 3.63) is 0 Å². The van der Waals surface area contributed by atoms with Gasteiger partial charge in [-0.2, -0.15) is 0 Å². The van der Waals surface area contributed by atoms with E-state index in [0.29, 0.717) is 6.42 Å². The molecule has 82 valence electrons. The van der Waals surface area contributed by atoms with Crippen LogP contribution in [0.5, 0.6) is 0 Å². The molecule has 1 aliphatic heterocycles. The predicted octanol–water partition coefficient (Wildman–Crippen LogP) is 0.613. The third-order valence-electron chi connectivity index (χ3n) is 2.74. The number of amides is 1. The van der Waals surface area contributed by atoms with Gasteiger partial charge in [0.15, 0.2) is 0 Å². The van der Waals surface area contributed by atoms with Gasteiger partial charge in [0.25, 0.3) is 0 Å². The van der Waals surface area contributed by atoms with E-state index in [4.69, 9.17) is 0 Å². The lowest BCUT2D eigenvalue weighted by Gasteiger charge is -2.36. The summed E-state index contributed by atoms with van der Waals surface area (Å²) in [5.74, 6) is 0.160. The van der Waals surface area contributed by atoms with Crippen LogP contribution < -0.4 is 0 Å². The largest absolute Gasteiger partial charge is 0.392 e.